The van der Waals surface area contributed by atoms with Crippen molar-refractivity contribution in [2.75, 3.05) is 38.1 Å². The van der Waals surface area contributed by atoms with Gasteiger partial charge in [0.25, 0.3) is 0 Å². The quantitative estimate of drug-likeness (QED) is 0.0867. The second-order valence-electron chi connectivity index (χ2n) is 12.1. The van der Waals surface area contributed by atoms with E-state index in [1.807, 2.05) is 25.7 Å². The van der Waals surface area contributed by atoms with Crippen LogP contribution < -0.4 is 9.64 Å². The summed E-state index contributed by atoms with van der Waals surface area (Å²) < 4.78 is 65.0. The second kappa shape index (κ2) is 12.1. The number of hydrogen-bond acceptors (Lipinski definition) is 8. The molecule has 2 fully saturated rings. The Morgan fingerprint density at radius 1 is 1.07 bits per heavy atom. The Morgan fingerprint density at radius 2 is 1.78 bits per heavy atom. The topological polar surface area (TPSA) is 77.0 Å². The Morgan fingerprint density at radius 3 is 2.42 bits per heavy atom. The number of benzene rings is 3. The van der Waals surface area contributed by atoms with E-state index in [0.717, 1.165) is 12.8 Å². The van der Waals surface area contributed by atoms with Crippen LogP contribution in [0.4, 0.5) is 23.8 Å². The highest BCUT2D eigenvalue weighted by Gasteiger charge is 2.45. The van der Waals surface area contributed by atoms with Crippen LogP contribution in [0.3, 0.4) is 0 Å². The van der Waals surface area contributed by atoms with Crippen LogP contribution in [0.25, 0.3) is 32.8 Å². The molecular weight excluding hydrogens is 673 g/mol. The van der Waals surface area contributed by atoms with Gasteiger partial charge in [-0.25, -0.2) is 27.9 Å². The van der Waals surface area contributed by atoms with Crippen LogP contribution in [0.15, 0.2) is 40.0 Å². The first-order valence-electron chi connectivity index (χ1n) is 14.4. The molecule has 13 heteroatoms. The fraction of sp³-hybridized carbons (Fsp3) is 0.406. The van der Waals surface area contributed by atoms with E-state index >= 15 is 13.2 Å². The van der Waals surface area contributed by atoms with Gasteiger partial charge in [-0.3, -0.25) is 4.90 Å². The lowest BCUT2D eigenvalue weighted by molar-refractivity contribution is 0.0122. The first-order valence-corrected chi connectivity index (χ1v) is 16.5. The Bertz CT molecular complexity index is 1810. The number of aromatic nitrogens is 2. The van der Waals surface area contributed by atoms with Gasteiger partial charge in [-0.05, 0) is 79.4 Å². The zero-order valence-corrected chi connectivity index (χ0v) is 27.8. The number of nitrogens with zero attached hydrogens (tertiary/aromatic N) is 4. The van der Waals surface area contributed by atoms with E-state index in [1.54, 1.807) is 23.3 Å². The summed E-state index contributed by atoms with van der Waals surface area (Å²) in [5.74, 6) is -1.70. The molecule has 4 aromatic rings. The number of carbonyl (C=O) groups is 1. The highest BCUT2D eigenvalue weighted by molar-refractivity contribution is 9.10. The van der Waals surface area contributed by atoms with Crippen LogP contribution in [0, 0.1) is 17.5 Å². The molecule has 2 aliphatic heterocycles. The second-order valence-corrected chi connectivity index (χ2v) is 13.7. The molecule has 238 valence electrons. The average Bonchev–Trinajstić information content (AvgIpc) is 3.26. The minimum absolute atomic E-state index is 0.0941. The van der Waals surface area contributed by atoms with Gasteiger partial charge in [0.15, 0.2) is 17.8 Å². The number of hydrogen-bond donors (Lipinski definition) is 0. The predicted molar refractivity (Wildman–Crippen MR) is 171 cm³/mol. The first-order chi connectivity index (χ1) is 21.4. The molecule has 3 heterocycles. The number of amides is 1. The molecule has 2 unspecified atom stereocenters. The van der Waals surface area contributed by atoms with Crippen LogP contribution in [0.5, 0.6) is 5.75 Å². The molecule has 0 N–H and O–H groups in total. The normalized spacial score (nSPS) is 18.2. The molecule has 2 saturated heterocycles. The van der Waals surface area contributed by atoms with Crippen molar-refractivity contribution in [2.45, 2.75) is 56.5 Å². The molecule has 2 aliphatic rings. The van der Waals surface area contributed by atoms with Crippen LogP contribution in [0.2, 0.25) is 0 Å². The van der Waals surface area contributed by atoms with Gasteiger partial charge in [-0.1, -0.05) is 23.9 Å². The smallest absolute Gasteiger partial charge is 0.410 e. The van der Waals surface area contributed by atoms with Crippen molar-refractivity contribution < 1.29 is 32.2 Å². The SMILES string of the molecule is COCOc1cc(-c2c(Br)c(F)c3nc(SC)nc(N4CC5CCC(C4)N5C(=O)OC(C)(C)C)c3c2F)c2c(F)cccc2c1. The summed E-state index contributed by atoms with van der Waals surface area (Å²) in [6, 6.07) is 7.16. The van der Waals surface area contributed by atoms with Crippen LogP contribution in [-0.2, 0) is 9.47 Å². The summed E-state index contributed by atoms with van der Waals surface area (Å²) in [5, 5.41) is 0.687. The van der Waals surface area contributed by atoms with Crippen molar-refractivity contribution >= 4 is 61.3 Å². The number of methoxy groups -OCH3 is 1. The highest BCUT2D eigenvalue weighted by atomic mass is 79.9. The molecule has 2 bridgehead atoms. The monoisotopic (exact) mass is 704 g/mol. The highest BCUT2D eigenvalue weighted by Crippen LogP contribution is 2.46. The van der Waals surface area contributed by atoms with Gasteiger partial charge in [-0.15, -0.1) is 0 Å². The standard InChI is InChI=1S/C32H32BrF3N4O4S/c1-32(2,3)44-31(41)40-17-9-10-18(40)14-39(13-17)29-24-26(35)23(25(33)27(36)28(24)37-30(38-29)45-5)20-12-19(43-15-42-4)11-16-7-6-8-21(34)22(16)20/h6-8,11-12,17-18H,9-10,13-15H2,1-5H3. The summed E-state index contributed by atoms with van der Waals surface area (Å²) in [4.78, 5) is 25.8. The third kappa shape index (κ3) is 5.78. The summed E-state index contributed by atoms with van der Waals surface area (Å²) >= 11 is 4.49. The maximum absolute atomic E-state index is 17.1. The summed E-state index contributed by atoms with van der Waals surface area (Å²) in [6.07, 6.45) is 2.85. The molecule has 45 heavy (non-hydrogen) atoms. The average molecular weight is 706 g/mol. The zero-order chi connectivity index (χ0) is 32.2. The minimum atomic E-state index is -0.809. The van der Waals surface area contributed by atoms with E-state index in [9.17, 15) is 4.79 Å². The Labute approximate surface area is 271 Å². The van der Waals surface area contributed by atoms with E-state index in [1.165, 1.54) is 37.1 Å². The number of anilines is 1. The van der Waals surface area contributed by atoms with E-state index in [2.05, 4.69) is 25.9 Å². The molecule has 0 radical (unpaired) electrons. The van der Waals surface area contributed by atoms with Crippen LogP contribution in [-0.4, -0.2) is 71.9 Å². The summed E-state index contributed by atoms with van der Waals surface area (Å²) in [5.41, 5.74) is -0.938. The number of thioether (sulfide) groups is 1. The fourth-order valence-corrected chi connectivity index (χ4v) is 7.17. The van der Waals surface area contributed by atoms with E-state index in [-0.39, 0.29) is 67.8 Å². The lowest BCUT2D eigenvalue weighted by atomic mass is 9.95. The maximum atomic E-state index is 17.1. The molecule has 8 nitrogen and oxygen atoms in total. The van der Waals surface area contributed by atoms with Gasteiger partial charge in [0.2, 0.25) is 0 Å². The van der Waals surface area contributed by atoms with Gasteiger partial charge in [0.05, 0.1) is 21.9 Å². The minimum Gasteiger partial charge on any atom is -0.468 e. The van der Waals surface area contributed by atoms with Crippen LogP contribution in [0.1, 0.15) is 33.6 Å². The van der Waals surface area contributed by atoms with Gasteiger partial charge in [-0.2, -0.15) is 0 Å². The number of ether oxygens (including phenoxy) is 3. The molecule has 2 atom stereocenters. The van der Waals surface area contributed by atoms with Crippen molar-refractivity contribution in [1.82, 2.24) is 14.9 Å². The van der Waals surface area contributed by atoms with Gasteiger partial charge in [0, 0.05) is 36.7 Å². The number of halogens is 4. The Kier molecular flexibility index (Phi) is 8.55. The molecule has 6 rings (SSSR count). The molecule has 0 saturated carbocycles. The Hall–Kier alpha value is -3.29. The van der Waals surface area contributed by atoms with Crippen molar-refractivity contribution in [2.24, 2.45) is 0 Å². The van der Waals surface area contributed by atoms with Crippen LogP contribution >= 0.6 is 27.7 Å². The summed E-state index contributed by atoms with van der Waals surface area (Å²) in [7, 11) is 1.46. The molecular formula is C32H32BrF3N4O4S. The maximum Gasteiger partial charge on any atom is 0.410 e. The zero-order valence-electron chi connectivity index (χ0n) is 25.4. The van der Waals surface area contributed by atoms with Gasteiger partial charge >= 0.3 is 6.09 Å². The molecule has 1 amide bonds. The van der Waals surface area contributed by atoms with E-state index in [4.69, 9.17) is 14.2 Å². The number of carbonyl (C=O) groups excluding carboxylic acids is 1. The lowest BCUT2D eigenvalue weighted by Gasteiger charge is -2.42. The molecule has 0 aliphatic carbocycles. The molecule has 0 spiro atoms. The van der Waals surface area contributed by atoms with Crippen molar-refractivity contribution in [3.63, 3.8) is 0 Å². The first kappa shape index (κ1) is 31.7. The summed E-state index contributed by atoms with van der Waals surface area (Å²) in [6.45, 7) is 6.06. The van der Waals surface area contributed by atoms with E-state index in [0.29, 0.717) is 24.2 Å². The van der Waals surface area contributed by atoms with Crippen molar-refractivity contribution in [3.8, 4) is 16.9 Å². The number of piperazine rings is 1. The van der Waals surface area contributed by atoms with Crippen molar-refractivity contribution in [3.05, 3.63) is 52.3 Å². The molecule has 3 aromatic carbocycles. The third-order valence-corrected chi connectivity index (χ3v) is 9.30. The number of rotatable bonds is 6. The third-order valence-electron chi connectivity index (χ3n) is 8.01. The Balaban J connectivity index is 1.53. The van der Waals surface area contributed by atoms with Crippen molar-refractivity contribution in [1.29, 1.82) is 0 Å². The lowest BCUT2D eigenvalue weighted by Crippen LogP contribution is -2.57. The molecule has 1 aromatic heterocycles. The predicted octanol–water partition coefficient (Wildman–Crippen LogP) is 7.92. The number of fused-ring (bicyclic) bond motifs is 4. The van der Waals surface area contributed by atoms with E-state index < -0.39 is 23.1 Å². The van der Waals surface area contributed by atoms with Gasteiger partial charge < -0.3 is 19.1 Å². The van der Waals surface area contributed by atoms with Gasteiger partial charge in [0.1, 0.15) is 34.3 Å². The largest absolute Gasteiger partial charge is 0.468 e. The fourth-order valence-electron chi connectivity index (χ4n) is 6.23.